The predicted octanol–water partition coefficient (Wildman–Crippen LogP) is 1.34. The van der Waals surface area contributed by atoms with Crippen LogP contribution >= 0.6 is 11.6 Å². The summed E-state index contributed by atoms with van der Waals surface area (Å²) in [6.07, 6.45) is 0. The quantitative estimate of drug-likeness (QED) is 0.807. The number of ketones is 1. The van der Waals surface area contributed by atoms with E-state index in [1.54, 1.807) is 6.07 Å². The summed E-state index contributed by atoms with van der Waals surface area (Å²) in [6, 6.07) is 3.37. The van der Waals surface area contributed by atoms with Crippen molar-refractivity contribution in [1.29, 1.82) is 0 Å². The smallest absolute Gasteiger partial charge is 0.326 e. The second kappa shape index (κ2) is 3.85. The number of anilines is 1. The van der Waals surface area contributed by atoms with E-state index in [-0.39, 0.29) is 16.3 Å². The lowest BCUT2D eigenvalue weighted by molar-refractivity contribution is -0.139. The molecule has 0 aliphatic carbocycles. The zero-order valence-corrected chi connectivity index (χ0v) is 9.56. The van der Waals surface area contributed by atoms with Gasteiger partial charge in [0, 0.05) is 0 Å². The average molecular weight is 254 g/mol. The predicted molar refractivity (Wildman–Crippen MR) is 60.4 cm³/mol. The Balaban J connectivity index is 2.62. The normalized spacial score (nSPS) is 16.0. The van der Waals surface area contributed by atoms with Crippen molar-refractivity contribution in [3.8, 4) is 0 Å². The van der Waals surface area contributed by atoms with Gasteiger partial charge in [-0.1, -0.05) is 17.7 Å². The number of hydrogen-bond acceptors (Lipinski definition) is 3. The molecule has 0 spiro atoms. The zero-order valence-electron chi connectivity index (χ0n) is 8.81. The summed E-state index contributed by atoms with van der Waals surface area (Å²) in [7, 11) is 0. The largest absolute Gasteiger partial charge is 0.480 e. The van der Waals surface area contributed by atoms with Crippen LogP contribution in [0.25, 0.3) is 0 Å². The summed E-state index contributed by atoms with van der Waals surface area (Å²) in [5.41, 5.74) is 0.328. The Morgan fingerprint density at radius 3 is 2.65 bits per heavy atom. The first-order valence-electron chi connectivity index (χ1n) is 4.84. The third-order valence-corrected chi connectivity index (χ3v) is 2.94. The molecule has 0 saturated heterocycles. The second-order valence-corrected chi connectivity index (χ2v) is 4.06. The Morgan fingerprint density at radius 2 is 2.06 bits per heavy atom. The number of Topliss-reactive ketones (excluding diaryl/α,β-unsaturated/α-hetero) is 1. The average Bonchev–Trinajstić information content (AvgIpc) is 2.53. The number of carbonyl (C=O) groups is 3. The van der Waals surface area contributed by atoms with Gasteiger partial charge in [0.05, 0.1) is 16.3 Å². The summed E-state index contributed by atoms with van der Waals surface area (Å²) in [5.74, 6) is -2.78. The monoisotopic (exact) mass is 253 g/mol. The van der Waals surface area contributed by atoms with Crippen molar-refractivity contribution in [2.24, 2.45) is 0 Å². The van der Waals surface area contributed by atoms with Crippen LogP contribution in [0.1, 0.15) is 17.3 Å². The maximum atomic E-state index is 11.7. The van der Waals surface area contributed by atoms with Gasteiger partial charge in [-0.15, -0.1) is 0 Å². The third kappa shape index (κ3) is 1.59. The van der Waals surface area contributed by atoms with Crippen LogP contribution in [0.2, 0.25) is 5.02 Å². The van der Waals surface area contributed by atoms with E-state index in [2.05, 4.69) is 0 Å². The molecule has 0 aromatic heterocycles. The van der Waals surface area contributed by atoms with Crippen LogP contribution in [0.15, 0.2) is 18.2 Å². The standard InChI is InChI=1S/C11H8ClNO4/c1-5(11(16)17)13-8-6(9(14)10(13)15)3-2-4-7(8)12/h2-5H,1H3,(H,16,17). The van der Waals surface area contributed by atoms with E-state index in [0.717, 1.165) is 4.90 Å². The Morgan fingerprint density at radius 1 is 1.41 bits per heavy atom. The van der Waals surface area contributed by atoms with Gasteiger partial charge >= 0.3 is 5.97 Å². The summed E-state index contributed by atoms with van der Waals surface area (Å²) in [4.78, 5) is 35.2. The van der Waals surface area contributed by atoms with Crippen molar-refractivity contribution in [2.75, 3.05) is 4.90 Å². The molecule has 1 atom stereocenters. The zero-order chi connectivity index (χ0) is 12.7. The highest BCUT2D eigenvalue weighted by molar-refractivity contribution is 6.54. The molecule has 88 valence electrons. The molecule has 1 aromatic rings. The molecule has 1 aromatic carbocycles. The van der Waals surface area contributed by atoms with Crippen molar-refractivity contribution in [1.82, 2.24) is 0 Å². The molecule has 1 heterocycles. The minimum Gasteiger partial charge on any atom is -0.480 e. The Bertz CT molecular complexity index is 540. The number of benzene rings is 1. The second-order valence-electron chi connectivity index (χ2n) is 3.65. The topological polar surface area (TPSA) is 74.7 Å². The van der Waals surface area contributed by atoms with Crippen molar-refractivity contribution < 1.29 is 19.5 Å². The molecule has 6 heteroatoms. The first kappa shape index (κ1) is 11.6. The van der Waals surface area contributed by atoms with E-state index in [1.807, 2.05) is 0 Å². The number of carbonyl (C=O) groups excluding carboxylic acids is 2. The number of hydrogen-bond donors (Lipinski definition) is 1. The molecule has 1 N–H and O–H groups in total. The van der Waals surface area contributed by atoms with Crippen LogP contribution in [0.3, 0.4) is 0 Å². The molecule has 0 radical (unpaired) electrons. The van der Waals surface area contributed by atoms with Crippen LogP contribution in [-0.4, -0.2) is 28.8 Å². The van der Waals surface area contributed by atoms with Gasteiger partial charge in [-0.2, -0.15) is 0 Å². The number of fused-ring (bicyclic) bond motifs is 1. The van der Waals surface area contributed by atoms with Crippen LogP contribution in [0.4, 0.5) is 5.69 Å². The van der Waals surface area contributed by atoms with Crippen LogP contribution in [0.5, 0.6) is 0 Å². The number of rotatable bonds is 2. The van der Waals surface area contributed by atoms with Gasteiger partial charge in [0.2, 0.25) is 0 Å². The highest BCUT2D eigenvalue weighted by atomic mass is 35.5. The summed E-state index contributed by atoms with van der Waals surface area (Å²) in [6.45, 7) is 1.33. The molecule has 17 heavy (non-hydrogen) atoms. The molecule has 1 unspecified atom stereocenters. The van der Waals surface area contributed by atoms with Gasteiger partial charge in [-0.05, 0) is 19.1 Å². The summed E-state index contributed by atoms with van der Waals surface area (Å²) >= 11 is 5.90. The Hall–Kier alpha value is -1.88. The van der Waals surface area contributed by atoms with Crippen LogP contribution < -0.4 is 4.90 Å². The maximum absolute atomic E-state index is 11.7. The van der Waals surface area contributed by atoms with Crippen molar-refractivity contribution in [3.63, 3.8) is 0 Å². The number of carboxylic acid groups (broad SMARTS) is 1. The Labute approximate surface area is 102 Å². The highest BCUT2D eigenvalue weighted by Gasteiger charge is 2.41. The molecular formula is C11H8ClNO4. The van der Waals surface area contributed by atoms with E-state index < -0.39 is 23.7 Å². The first-order valence-corrected chi connectivity index (χ1v) is 5.22. The maximum Gasteiger partial charge on any atom is 0.326 e. The SMILES string of the molecule is CC(C(=O)O)N1C(=O)C(=O)c2cccc(Cl)c21. The fourth-order valence-electron chi connectivity index (χ4n) is 1.75. The molecule has 0 fully saturated rings. The lowest BCUT2D eigenvalue weighted by Gasteiger charge is -2.21. The molecule has 1 aliphatic heterocycles. The van der Waals surface area contributed by atoms with Crippen LogP contribution in [0, 0.1) is 0 Å². The number of halogens is 1. The van der Waals surface area contributed by atoms with E-state index in [9.17, 15) is 14.4 Å². The van der Waals surface area contributed by atoms with Gasteiger partial charge in [-0.3, -0.25) is 14.5 Å². The highest BCUT2D eigenvalue weighted by Crippen LogP contribution is 2.36. The van der Waals surface area contributed by atoms with E-state index in [4.69, 9.17) is 16.7 Å². The Kier molecular flexibility index (Phi) is 2.63. The number of nitrogens with zero attached hydrogens (tertiary/aromatic N) is 1. The molecule has 0 bridgehead atoms. The van der Waals surface area contributed by atoms with E-state index in [1.165, 1.54) is 19.1 Å². The first-order chi connectivity index (χ1) is 7.95. The summed E-state index contributed by atoms with van der Waals surface area (Å²) < 4.78 is 0. The minimum atomic E-state index is -1.20. The third-order valence-electron chi connectivity index (χ3n) is 2.63. The van der Waals surface area contributed by atoms with Gasteiger partial charge in [0.25, 0.3) is 11.7 Å². The molecule has 0 saturated carbocycles. The molecule has 2 rings (SSSR count). The minimum absolute atomic E-state index is 0.149. The molecule has 5 nitrogen and oxygen atoms in total. The van der Waals surface area contributed by atoms with Crippen molar-refractivity contribution in [2.45, 2.75) is 13.0 Å². The summed E-state index contributed by atoms with van der Waals surface area (Å²) in [5, 5.41) is 9.10. The number of carboxylic acids is 1. The van der Waals surface area contributed by atoms with Crippen molar-refractivity contribution >= 4 is 34.9 Å². The van der Waals surface area contributed by atoms with Crippen molar-refractivity contribution in [3.05, 3.63) is 28.8 Å². The fourth-order valence-corrected chi connectivity index (χ4v) is 2.02. The molecule has 1 aliphatic rings. The number of aliphatic carboxylic acids is 1. The van der Waals surface area contributed by atoms with Gasteiger partial charge in [0.15, 0.2) is 0 Å². The number of para-hydroxylation sites is 1. The van der Waals surface area contributed by atoms with Crippen LogP contribution in [-0.2, 0) is 9.59 Å². The fraction of sp³-hybridized carbons (Fsp3) is 0.182. The molecular weight excluding hydrogens is 246 g/mol. The lowest BCUT2D eigenvalue weighted by Crippen LogP contribution is -2.42. The molecule has 1 amide bonds. The number of amides is 1. The van der Waals surface area contributed by atoms with E-state index in [0.29, 0.717) is 0 Å². The van der Waals surface area contributed by atoms with Gasteiger partial charge < -0.3 is 5.11 Å². The van der Waals surface area contributed by atoms with Gasteiger partial charge in [-0.25, -0.2) is 4.79 Å². The van der Waals surface area contributed by atoms with E-state index >= 15 is 0 Å². The lowest BCUT2D eigenvalue weighted by atomic mass is 10.1. The van der Waals surface area contributed by atoms with Gasteiger partial charge in [0.1, 0.15) is 6.04 Å².